The number of nitrogens with one attached hydrogen (secondary N) is 1. The Labute approximate surface area is 401 Å². The van der Waals surface area contributed by atoms with Crippen LogP contribution in [-0.2, 0) is 14.3 Å². The number of aliphatic hydroxyl groups is 2. The van der Waals surface area contributed by atoms with Crippen LogP contribution < -0.4 is 5.32 Å². The quantitative estimate of drug-likeness (QED) is 0.0245. The van der Waals surface area contributed by atoms with Crippen molar-refractivity contribution in [3.05, 3.63) is 97.2 Å². The minimum absolute atomic E-state index is 0.0137. The highest BCUT2D eigenvalue weighted by molar-refractivity contribution is 5.77. The zero-order valence-corrected chi connectivity index (χ0v) is 42.3. The van der Waals surface area contributed by atoms with Gasteiger partial charge in [0.15, 0.2) is 0 Å². The fourth-order valence-electron chi connectivity index (χ4n) is 7.66. The fraction of sp³-hybridized carbons (Fsp3) is 0.695. The zero-order valence-electron chi connectivity index (χ0n) is 42.3. The SMILES string of the molecule is CC/C=C/C=C/C=C\C=C/CCCC(CC(=O)NC(CO)C(O)CCCCCCCCCCCCCCCCCC)OC(=O)CCCCC/C=C\C/C=C\C/C=C\C/C=C\CCCCC. The summed E-state index contributed by atoms with van der Waals surface area (Å²) in [4.78, 5) is 26.1. The average Bonchev–Trinajstić information content (AvgIpc) is 3.30. The molecule has 0 heterocycles. The maximum Gasteiger partial charge on any atom is 0.306 e. The molecule has 0 aromatic heterocycles. The smallest absolute Gasteiger partial charge is 0.306 e. The minimum Gasteiger partial charge on any atom is -0.462 e. The van der Waals surface area contributed by atoms with Crippen molar-refractivity contribution in [3.63, 3.8) is 0 Å². The topological polar surface area (TPSA) is 95.9 Å². The van der Waals surface area contributed by atoms with Crippen LogP contribution in [0.5, 0.6) is 0 Å². The molecule has 65 heavy (non-hydrogen) atoms. The maximum absolute atomic E-state index is 13.2. The van der Waals surface area contributed by atoms with Gasteiger partial charge in [0.05, 0.1) is 25.2 Å². The standard InChI is InChI=1S/C59H101NO5/c1-4-7-10-13-16-19-22-24-26-28-29-30-32-34-37-40-43-46-49-52-59(64)65-55(50-47-44-41-38-35-21-18-15-12-9-6-3)53-58(63)60-56(54-61)57(62)51-48-45-42-39-36-33-31-27-25-23-20-17-14-11-8-5-2/h9,12,15-16,18-19,21,24,26,29-30,34-35,37-38,41,55-57,61-62H,4-8,10-11,13-14,17,20,22-23,25,27-28,31-33,36,39-40,42-54H2,1-3H3,(H,60,63)/b12-9+,18-15+,19-16-,26-24-,30-29-,35-21-,37-34-,41-38-. The molecule has 1 amide bonds. The van der Waals surface area contributed by atoms with Crippen molar-refractivity contribution >= 4 is 11.9 Å². The second kappa shape index (κ2) is 51.8. The second-order valence-electron chi connectivity index (χ2n) is 18.0. The van der Waals surface area contributed by atoms with E-state index in [2.05, 4.69) is 86.8 Å². The van der Waals surface area contributed by atoms with Crippen LogP contribution in [0.2, 0.25) is 0 Å². The molecule has 0 aromatic rings. The van der Waals surface area contributed by atoms with Crippen LogP contribution in [0.15, 0.2) is 97.2 Å². The van der Waals surface area contributed by atoms with Crippen LogP contribution in [0.3, 0.4) is 0 Å². The highest BCUT2D eigenvalue weighted by atomic mass is 16.5. The molecule has 0 spiro atoms. The summed E-state index contributed by atoms with van der Waals surface area (Å²) in [5.41, 5.74) is 0. The third-order valence-electron chi connectivity index (χ3n) is 11.7. The molecule has 0 rings (SSSR count). The lowest BCUT2D eigenvalue weighted by molar-refractivity contribution is -0.151. The first-order valence-electron chi connectivity index (χ1n) is 27.0. The van der Waals surface area contributed by atoms with Crippen molar-refractivity contribution in [3.8, 4) is 0 Å². The van der Waals surface area contributed by atoms with Gasteiger partial charge in [-0.2, -0.15) is 0 Å². The van der Waals surface area contributed by atoms with E-state index < -0.39 is 18.2 Å². The molecule has 0 aliphatic carbocycles. The Morgan fingerprint density at radius 3 is 1.43 bits per heavy atom. The molecular weight excluding hydrogens is 803 g/mol. The van der Waals surface area contributed by atoms with Gasteiger partial charge in [0.1, 0.15) is 6.10 Å². The van der Waals surface area contributed by atoms with Crippen molar-refractivity contribution in [2.24, 2.45) is 0 Å². The van der Waals surface area contributed by atoms with Crippen LogP contribution in [0.1, 0.15) is 239 Å². The first-order valence-corrected chi connectivity index (χ1v) is 27.0. The summed E-state index contributed by atoms with van der Waals surface area (Å²) in [7, 11) is 0. The minimum atomic E-state index is -0.816. The monoisotopic (exact) mass is 904 g/mol. The molecule has 6 nitrogen and oxygen atoms in total. The summed E-state index contributed by atoms with van der Waals surface area (Å²) >= 11 is 0. The van der Waals surface area contributed by atoms with Crippen molar-refractivity contribution in [2.75, 3.05) is 6.61 Å². The molecule has 0 fully saturated rings. The lowest BCUT2D eigenvalue weighted by atomic mass is 10.0. The molecular formula is C59H101NO5. The van der Waals surface area contributed by atoms with E-state index in [1.807, 2.05) is 36.5 Å². The number of rotatable bonds is 47. The molecule has 6 heteroatoms. The number of esters is 1. The van der Waals surface area contributed by atoms with Gasteiger partial charge in [-0.1, -0.05) is 240 Å². The molecule has 0 aliphatic heterocycles. The van der Waals surface area contributed by atoms with Crippen LogP contribution in [0, 0.1) is 0 Å². The van der Waals surface area contributed by atoms with E-state index in [1.165, 1.54) is 109 Å². The zero-order chi connectivity index (χ0) is 47.4. The lowest BCUT2D eigenvalue weighted by Gasteiger charge is -2.24. The van der Waals surface area contributed by atoms with Crippen LogP contribution in [-0.4, -0.2) is 46.9 Å². The van der Waals surface area contributed by atoms with E-state index in [0.717, 1.165) is 83.5 Å². The van der Waals surface area contributed by atoms with Crippen molar-refractivity contribution < 1.29 is 24.5 Å². The second-order valence-corrected chi connectivity index (χ2v) is 18.0. The molecule has 3 N–H and O–H groups in total. The molecule has 3 unspecified atom stereocenters. The summed E-state index contributed by atoms with van der Waals surface area (Å²) in [6.45, 7) is 6.29. The van der Waals surface area contributed by atoms with Crippen LogP contribution in [0.25, 0.3) is 0 Å². The van der Waals surface area contributed by atoms with Gasteiger partial charge < -0.3 is 20.3 Å². The number of hydrogen-bond acceptors (Lipinski definition) is 5. The average molecular weight is 904 g/mol. The number of ether oxygens (including phenoxy) is 1. The predicted octanol–water partition coefficient (Wildman–Crippen LogP) is 16.5. The molecule has 0 saturated heterocycles. The highest BCUT2D eigenvalue weighted by Crippen LogP contribution is 2.17. The molecule has 0 bridgehead atoms. The van der Waals surface area contributed by atoms with Gasteiger partial charge in [-0.3, -0.25) is 9.59 Å². The first-order chi connectivity index (χ1) is 32.0. The largest absolute Gasteiger partial charge is 0.462 e. The lowest BCUT2D eigenvalue weighted by Crippen LogP contribution is -2.46. The molecule has 0 aromatic carbocycles. The van der Waals surface area contributed by atoms with E-state index in [1.54, 1.807) is 0 Å². The molecule has 3 atom stereocenters. The Morgan fingerprint density at radius 1 is 0.477 bits per heavy atom. The van der Waals surface area contributed by atoms with E-state index in [4.69, 9.17) is 4.74 Å². The maximum atomic E-state index is 13.2. The van der Waals surface area contributed by atoms with E-state index >= 15 is 0 Å². The number of allylic oxidation sites excluding steroid dienone is 16. The van der Waals surface area contributed by atoms with E-state index in [-0.39, 0.29) is 24.9 Å². The summed E-state index contributed by atoms with van der Waals surface area (Å²) < 4.78 is 5.88. The molecule has 372 valence electrons. The summed E-state index contributed by atoms with van der Waals surface area (Å²) in [6, 6.07) is -0.735. The Morgan fingerprint density at radius 2 is 0.908 bits per heavy atom. The normalized spacial score (nSPS) is 14.0. The molecule has 0 aliphatic rings. The molecule has 0 radical (unpaired) electrons. The van der Waals surface area contributed by atoms with Crippen molar-refractivity contribution in [1.82, 2.24) is 5.32 Å². The number of amides is 1. The van der Waals surface area contributed by atoms with Gasteiger partial charge in [-0.25, -0.2) is 0 Å². The Hall–Kier alpha value is -3.22. The van der Waals surface area contributed by atoms with Gasteiger partial charge in [0.25, 0.3) is 0 Å². The number of carbonyl (C=O) groups excluding carboxylic acids is 2. The number of hydrogen-bond donors (Lipinski definition) is 3. The Balaban J connectivity index is 4.61. The third kappa shape index (κ3) is 47.1. The Bertz CT molecular complexity index is 1290. The van der Waals surface area contributed by atoms with Crippen LogP contribution in [0.4, 0.5) is 0 Å². The third-order valence-corrected chi connectivity index (χ3v) is 11.7. The summed E-state index contributed by atoms with van der Waals surface area (Å²) in [5, 5.41) is 23.8. The van der Waals surface area contributed by atoms with Crippen molar-refractivity contribution in [1.29, 1.82) is 0 Å². The summed E-state index contributed by atoms with van der Waals surface area (Å²) in [5.74, 6) is -0.584. The molecule has 0 saturated carbocycles. The predicted molar refractivity (Wildman–Crippen MR) is 282 cm³/mol. The van der Waals surface area contributed by atoms with Crippen molar-refractivity contribution in [2.45, 2.75) is 257 Å². The van der Waals surface area contributed by atoms with Gasteiger partial charge in [-0.15, -0.1) is 0 Å². The first kappa shape index (κ1) is 61.8. The van der Waals surface area contributed by atoms with E-state index in [9.17, 15) is 19.8 Å². The highest BCUT2D eigenvalue weighted by Gasteiger charge is 2.24. The number of carbonyl (C=O) groups is 2. The van der Waals surface area contributed by atoms with Gasteiger partial charge in [0.2, 0.25) is 5.91 Å². The van der Waals surface area contributed by atoms with Gasteiger partial charge >= 0.3 is 5.97 Å². The summed E-state index contributed by atoms with van der Waals surface area (Å²) in [6.07, 6.45) is 69.1. The fourth-order valence-corrected chi connectivity index (χ4v) is 7.66. The number of unbranched alkanes of at least 4 members (excludes halogenated alkanes) is 22. The van der Waals surface area contributed by atoms with Crippen LogP contribution >= 0.6 is 0 Å². The number of aliphatic hydroxyl groups excluding tert-OH is 2. The Kier molecular flexibility index (Phi) is 49.2. The van der Waals surface area contributed by atoms with E-state index in [0.29, 0.717) is 19.3 Å². The van der Waals surface area contributed by atoms with Gasteiger partial charge in [-0.05, 0) is 83.5 Å². The van der Waals surface area contributed by atoms with Gasteiger partial charge in [0, 0.05) is 6.42 Å².